The van der Waals surface area contributed by atoms with Crippen LogP contribution in [0.5, 0.6) is 5.75 Å². The van der Waals surface area contributed by atoms with Gasteiger partial charge in [-0.1, -0.05) is 29.8 Å². The monoisotopic (exact) mass is 379 g/mol. The van der Waals surface area contributed by atoms with Gasteiger partial charge < -0.3 is 15.2 Å². The van der Waals surface area contributed by atoms with E-state index in [0.29, 0.717) is 17.2 Å². The molecule has 2 N–H and O–H groups in total. The highest BCUT2D eigenvalue weighted by Crippen LogP contribution is 2.26. The minimum absolute atomic E-state index is 0.0761. The van der Waals surface area contributed by atoms with Crippen molar-refractivity contribution in [2.24, 2.45) is 0 Å². The van der Waals surface area contributed by atoms with Crippen LogP contribution in [0.1, 0.15) is 24.5 Å². The number of aryl methyl sites for hydroxylation is 1. The molecule has 1 unspecified atom stereocenters. The van der Waals surface area contributed by atoms with Crippen molar-refractivity contribution in [2.45, 2.75) is 25.3 Å². The molecule has 2 rings (SSSR count). The lowest BCUT2D eigenvalue weighted by Crippen LogP contribution is -2.49. The molecule has 0 fully saturated rings. The molecule has 1 amide bonds. The maximum absolute atomic E-state index is 13.1. The van der Waals surface area contributed by atoms with Crippen molar-refractivity contribution in [3.63, 3.8) is 0 Å². The van der Waals surface area contributed by atoms with E-state index < -0.39 is 23.2 Å². The van der Waals surface area contributed by atoms with E-state index >= 15 is 0 Å². The van der Waals surface area contributed by atoms with Crippen LogP contribution in [0.25, 0.3) is 0 Å². The van der Waals surface area contributed by atoms with Gasteiger partial charge in [0, 0.05) is 6.42 Å². The summed E-state index contributed by atoms with van der Waals surface area (Å²) in [6, 6.07) is 10.2. The quantitative estimate of drug-likeness (QED) is 0.771. The normalized spacial score (nSPS) is 12.9. The summed E-state index contributed by atoms with van der Waals surface area (Å²) in [4.78, 5) is 24.0. The molecule has 0 saturated heterocycles. The highest BCUT2D eigenvalue weighted by molar-refractivity contribution is 6.32. The summed E-state index contributed by atoms with van der Waals surface area (Å²) in [6.07, 6.45) is 0.460. The van der Waals surface area contributed by atoms with Gasteiger partial charge in [0.2, 0.25) is 5.91 Å². The van der Waals surface area contributed by atoms with Gasteiger partial charge in [-0.25, -0.2) is 9.18 Å². The highest BCUT2D eigenvalue weighted by Gasteiger charge is 2.36. The molecule has 26 heavy (non-hydrogen) atoms. The fourth-order valence-electron chi connectivity index (χ4n) is 2.50. The highest BCUT2D eigenvalue weighted by atomic mass is 35.5. The molecule has 5 nitrogen and oxygen atoms in total. The summed E-state index contributed by atoms with van der Waals surface area (Å²) in [5, 5.41) is 12.5. The van der Waals surface area contributed by atoms with Crippen LogP contribution in [0, 0.1) is 5.82 Å². The van der Waals surface area contributed by atoms with E-state index in [0.717, 1.165) is 17.7 Å². The second-order valence-electron chi connectivity index (χ2n) is 5.95. The first-order valence-corrected chi connectivity index (χ1v) is 8.27. The average molecular weight is 380 g/mol. The summed E-state index contributed by atoms with van der Waals surface area (Å²) in [6.45, 7) is 1.37. The van der Waals surface area contributed by atoms with Gasteiger partial charge in [0.15, 0.2) is 5.54 Å². The number of ether oxygens (including phenoxy) is 1. The van der Waals surface area contributed by atoms with Crippen molar-refractivity contribution < 1.29 is 23.8 Å². The van der Waals surface area contributed by atoms with Crippen LogP contribution in [-0.4, -0.2) is 24.1 Å². The molecular formula is C19H19ClFNO4. The van der Waals surface area contributed by atoms with Gasteiger partial charge in [-0.05, 0) is 48.7 Å². The molecule has 2 aromatic rings. The van der Waals surface area contributed by atoms with E-state index in [9.17, 15) is 19.1 Å². The zero-order chi connectivity index (χ0) is 19.3. The van der Waals surface area contributed by atoms with E-state index in [1.54, 1.807) is 18.2 Å². The largest absolute Gasteiger partial charge is 0.495 e. The smallest absolute Gasteiger partial charge is 0.333 e. The Kier molecular flexibility index (Phi) is 6.21. The average Bonchev–Trinajstić information content (AvgIpc) is 2.60. The summed E-state index contributed by atoms with van der Waals surface area (Å²) in [5.74, 6) is -1.62. The zero-order valence-electron chi connectivity index (χ0n) is 14.4. The molecule has 0 heterocycles. The number of amides is 1. The SMILES string of the molecule is COc1ccc(CCC(=O)NC(C)(C(=O)O)c2ccc(F)cc2)cc1Cl. The van der Waals surface area contributed by atoms with Crippen LogP contribution in [0.3, 0.4) is 0 Å². The zero-order valence-corrected chi connectivity index (χ0v) is 15.1. The van der Waals surface area contributed by atoms with E-state index in [1.807, 2.05) is 0 Å². The van der Waals surface area contributed by atoms with Crippen LogP contribution < -0.4 is 10.1 Å². The number of carbonyl (C=O) groups excluding carboxylic acids is 1. The predicted molar refractivity (Wildman–Crippen MR) is 95.9 cm³/mol. The van der Waals surface area contributed by atoms with Gasteiger partial charge in [-0.3, -0.25) is 4.79 Å². The van der Waals surface area contributed by atoms with E-state index in [1.165, 1.54) is 26.2 Å². The van der Waals surface area contributed by atoms with Crippen molar-refractivity contribution in [3.05, 3.63) is 64.4 Å². The minimum atomic E-state index is -1.65. The van der Waals surface area contributed by atoms with Crippen LogP contribution >= 0.6 is 11.6 Å². The van der Waals surface area contributed by atoms with Gasteiger partial charge in [-0.2, -0.15) is 0 Å². The third kappa shape index (κ3) is 4.52. The van der Waals surface area contributed by atoms with Crippen molar-refractivity contribution in [2.75, 3.05) is 7.11 Å². The van der Waals surface area contributed by atoms with Crippen LogP contribution in [0.2, 0.25) is 5.02 Å². The van der Waals surface area contributed by atoms with Gasteiger partial charge in [0.1, 0.15) is 11.6 Å². The fraction of sp³-hybridized carbons (Fsp3) is 0.263. The number of rotatable bonds is 7. The molecule has 7 heteroatoms. The lowest BCUT2D eigenvalue weighted by atomic mass is 9.91. The molecule has 0 aliphatic carbocycles. The van der Waals surface area contributed by atoms with Gasteiger partial charge in [0.25, 0.3) is 0 Å². The number of hydrogen-bond donors (Lipinski definition) is 2. The minimum Gasteiger partial charge on any atom is -0.495 e. The van der Waals surface area contributed by atoms with Gasteiger partial charge in [-0.15, -0.1) is 0 Å². The predicted octanol–water partition coefficient (Wildman–Crippen LogP) is 3.54. The molecule has 1 atom stereocenters. The Morgan fingerprint density at radius 3 is 2.42 bits per heavy atom. The molecule has 138 valence electrons. The third-order valence-electron chi connectivity index (χ3n) is 4.10. The molecule has 0 aliphatic heterocycles. The molecule has 0 saturated carbocycles. The van der Waals surface area contributed by atoms with Gasteiger partial charge in [0.05, 0.1) is 12.1 Å². The molecule has 0 spiro atoms. The number of benzene rings is 2. The number of hydrogen-bond acceptors (Lipinski definition) is 3. The molecule has 0 radical (unpaired) electrons. The van der Waals surface area contributed by atoms with Crippen molar-refractivity contribution >= 4 is 23.5 Å². The topological polar surface area (TPSA) is 75.6 Å². The number of halogens is 2. The lowest BCUT2D eigenvalue weighted by molar-refractivity contribution is -0.147. The van der Waals surface area contributed by atoms with Crippen molar-refractivity contribution in [3.8, 4) is 5.75 Å². The summed E-state index contributed by atoms with van der Waals surface area (Å²) < 4.78 is 18.2. The Hall–Kier alpha value is -2.60. The maximum Gasteiger partial charge on any atom is 0.333 e. The number of carboxylic acid groups (broad SMARTS) is 1. The summed E-state index contributed by atoms with van der Waals surface area (Å²) in [5.41, 5.74) is -0.542. The van der Waals surface area contributed by atoms with Crippen molar-refractivity contribution in [1.82, 2.24) is 5.32 Å². The van der Waals surface area contributed by atoms with Crippen LogP contribution in [-0.2, 0) is 21.5 Å². The maximum atomic E-state index is 13.1. The standard InChI is InChI=1S/C19H19ClFNO4/c1-19(18(24)25,13-5-7-14(21)8-6-13)22-17(23)10-4-12-3-9-16(26-2)15(20)11-12/h3,5-9,11H,4,10H2,1-2H3,(H,22,23)(H,24,25). The second kappa shape index (κ2) is 8.19. The Morgan fingerprint density at radius 2 is 1.88 bits per heavy atom. The molecule has 0 aromatic heterocycles. The van der Waals surface area contributed by atoms with Crippen LogP contribution in [0.15, 0.2) is 42.5 Å². The first-order valence-electron chi connectivity index (χ1n) is 7.89. The Morgan fingerprint density at radius 1 is 1.23 bits per heavy atom. The summed E-state index contributed by atoms with van der Waals surface area (Å²) >= 11 is 6.05. The first-order chi connectivity index (χ1) is 12.3. The van der Waals surface area contributed by atoms with E-state index in [2.05, 4.69) is 5.32 Å². The number of methoxy groups -OCH3 is 1. The number of carboxylic acids is 1. The second-order valence-corrected chi connectivity index (χ2v) is 6.36. The Bertz CT molecular complexity index is 810. The molecule has 0 aliphatic rings. The van der Waals surface area contributed by atoms with E-state index in [4.69, 9.17) is 16.3 Å². The number of aliphatic carboxylic acids is 1. The fourth-order valence-corrected chi connectivity index (χ4v) is 2.78. The first kappa shape index (κ1) is 19.7. The molecule has 2 aromatic carbocycles. The number of nitrogens with one attached hydrogen (secondary N) is 1. The summed E-state index contributed by atoms with van der Waals surface area (Å²) in [7, 11) is 1.51. The Balaban J connectivity index is 2.07. The molecule has 0 bridgehead atoms. The third-order valence-corrected chi connectivity index (χ3v) is 4.39. The lowest BCUT2D eigenvalue weighted by Gasteiger charge is -2.27. The molecular weight excluding hydrogens is 361 g/mol. The van der Waals surface area contributed by atoms with Gasteiger partial charge >= 0.3 is 5.97 Å². The van der Waals surface area contributed by atoms with Crippen molar-refractivity contribution in [1.29, 1.82) is 0 Å². The number of carbonyl (C=O) groups is 2. The van der Waals surface area contributed by atoms with E-state index in [-0.39, 0.29) is 12.0 Å². The van der Waals surface area contributed by atoms with Crippen LogP contribution in [0.4, 0.5) is 4.39 Å². The Labute approximate surface area is 155 Å².